The molecular weight excluding hydrogens is 252 g/mol. The van der Waals surface area contributed by atoms with E-state index in [0.717, 1.165) is 23.9 Å². The number of fused-ring (bicyclic) bond motifs is 2. The number of anilines is 3. The Morgan fingerprint density at radius 2 is 2.20 bits per heavy atom. The topological polar surface area (TPSA) is 92.5 Å². The predicted octanol–water partition coefficient (Wildman–Crippen LogP) is 2.17. The first kappa shape index (κ1) is 11.2. The average molecular weight is 266 g/mol. The summed E-state index contributed by atoms with van der Waals surface area (Å²) in [6, 6.07) is 6.32. The maximum absolute atomic E-state index is 5.71. The number of rotatable bonds is 2. The maximum atomic E-state index is 5.71. The van der Waals surface area contributed by atoms with Crippen LogP contribution in [0.25, 0.3) is 11.0 Å². The molecule has 0 unspecified atom stereocenters. The van der Waals surface area contributed by atoms with Gasteiger partial charge in [-0.3, -0.25) is 5.10 Å². The molecule has 6 heteroatoms. The van der Waals surface area contributed by atoms with Crippen LogP contribution in [0.3, 0.4) is 0 Å². The van der Waals surface area contributed by atoms with Crippen molar-refractivity contribution in [2.45, 2.75) is 19.3 Å². The first-order valence-electron chi connectivity index (χ1n) is 6.65. The molecule has 100 valence electrons. The summed E-state index contributed by atoms with van der Waals surface area (Å²) in [6.07, 6.45) is 5.16. The molecule has 0 fully saturated rings. The second kappa shape index (κ2) is 4.19. The Kier molecular flexibility index (Phi) is 2.35. The SMILES string of the molecule is Nc1n[nH]c2nc(Nc3cccc4c3CCC4)ncc12. The molecule has 1 aliphatic carbocycles. The average Bonchev–Trinajstić information content (AvgIpc) is 3.07. The Morgan fingerprint density at radius 1 is 1.25 bits per heavy atom. The quantitative estimate of drug-likeness (QED) is 0.661. The molecule has 20 heavy (non-hydrogen) atoms. The van der Waals surface area contributed by atoms with Crippen LogP contribution in [0.15, 0.2) is 24.4 Å². The van der Waals surface area contributed by atoms with Gasteiger partial charge in [0.2, 0.25) is 5.95 Å². The molecule has 4 rings (SSSR count). The van der Waals surface area contributed by atoms with E-state index in [2.05, 4.69) is 43.7 Å². The first-order valence-corrected chi connectivity index (χ1v) is 6.65. The summed E-state index contributed by atoms with van der Waals surface area (Å²) < 4.78 is 0. The summed E-state index contributed by atoms with van der Waals surface area (Å²) in [7, 11) is 0. The Bertz CT molecular complexity index is 791. The third kappa shape index (κ3) is 1.69. The minimum Gasteiger partial charge on any atom is -0.382 e. The molecule has 0 spiro atoms. The monoisotopic (exact) mass is 266 g/mol. The molecular formula is C14H14N6. The van der Waals surface area contributed by atoms with Gasteiger partial charge in [0, 0.05) is 11.9 Å². The summed E-state index contributed by atoms with van der Waals surface area (Å²) in [5, 5.41) is 10.8. The summed E-state index contributed by atoms with van der Waals surface area (Å²) in [4.78, 5) is 8.70. The standard InChI is InChI=1S/C14H14N6/c15-12-10-7-16-14(18-13(10)20-19-12)17-11-6-2-4-8-3-1-5-9(8)11/h2,4,6-7H,1,3,5H2,(H4,15,16,17,18,19,20). The highest BCUT2D eigenvalue weighted by Crippen LogP contribution is 2.30. The maximum Gasteiger partial charge on any atom is 0.229 e. The fourth-order valence-electron chi connectivity index (χ4n) is 2.75. The third-order valence-corrected chi connectivity index (χ3v) is 3.74. The largest absolute Gasteiger partial charge is 0.382 e. The zero-order chi connectivity index (χ0) is 13.5. The molecule has 4 N–H and O–H groups in total. The zero-order valence-electron chi connectivity index (χ0n) is 10.8. The number of nitrogens with one attached hydrogen (secondary N) is 2. The van der Waals surface area contributed by atoms with Crippen LogP contribution in [-0.4, -0.2) is 20.2 Å². The smallest absolute Gasteiger partial charge is 0.229 e. The second-order valence-electron chi connectivity index (χ2n) is 4.99. The summed E-state index contributed by atoms with van der Waals surface area (Å²) >= 11 is 0. The molecule has 2 aromatic heterocycles. The number of nitrogen functional groups attached to an aromatic ring is 1. The second-order valence-corrected chi connectivity index (χ2v) is 4.99. The lowest BCUT2D eigenvalue weighted by molar-refractivity contribution is 0.912. The molecule has 0 atom stereocenters. The number of aryl methyl sites for hydroxylation is 1. The molecule has 1 aliphatic rings. The molecule has 0 aliphatic heterocycles. The van der Waals surface area contributed by atoms with Gasteiger partial charge in [-0.1, -0.05) is 12.1 Å². The van der Waals surface area contributed by atoms with E-state index in [9.17, 15) is 0 Å². The summed E-state index contributed by atoms with van der Waals surface area (Å²) in [6.45, 7) is 0. The molecule has 6 nitrogen and oxygen atoms in total. The molecule has 0 saturated heterocycles. The molecule has 0 radical (unpaired) electrons. The van der Waals surface area contributed by atoms with Gasteiger partial charge in [-0.25, -0.2) is 4.98 Å². The fraction of sp³-hybridized carbons (Fsp3) is 0.214. The lowest BCUT2D eigenvalue weighted by atomic mass is 10.1. The van der Waals surface area contributed by atoms with Crippen molar-refractivity contribution in [2.24, 2.45) is 0 Å². The normalized spacial score (nSPS) is 13.6. The minimum absolute atomic E-state index is 0.423. The lowest BCUT2D eigenvalue weighted by Gasteiger charge is -2.09. The van der Waals surface area contributed by atoms with Gasteiger partial charge in [0.25, 0.3) is 0 Å². The van der Waals surface area contributed by atoms with E-state index >= 15 is 0 Å². The molecule has 3 aromatic rings. The number of nitrogens with two attached hydrogens (primary N) is 1. The number of nitrogens with zero attached hydrogens (tertiary/aromatic N) is 3. The molecule has 1 aromatic carbocycles. The Morgan fingerprint density at radius 3 is 3.15 bits per heavy atom. The number of hydrogen-bond donors (Lipinski definition) is 3. The number of aromatic amines is 1. The van der Waals surface area contributed by atoms with Crippen LogP contribution in [-0.2, 0) is 12.8 Å². The third-order valence-electron chi connectivity index (χ3n) is 3.74. The van der Waals surface area contributed by atoms with Gasteiger partial charge in [-0.15, -0.1) is 0 Å². The van der Waals surface area contributed by atoms with Gasteiger partial charge in [0.15, 0.2) is 11.5 Å². The van der Waals surface area contributed by atoms with Gasteiger partial charge >= 0.3 is 0 Å². The fourth-order valence-corrected chi connectivity index (χ4v) is 2.75. The van der Waals surface area contributed by atoms with Crippen LogP contribution in [0, 0.1) is 0 Å². The number of aromatic nitrogens is 4. The van der Waals surface area contributed by atoms with Crippen LogP contribution in [0.1, 0.15) is 17.5 Å². The van der Waals surface area contributed by atoms with Gasteiger partial charge in [-0.2, -0.15) is 10.1 Å². The number of H-pyrrole nitrogens is 1. The number of hydrogen-bond acceptors (Lipinski definition) is 5. The van der Waals surface area contributed by atoms with Crippen LogP contribution in [0.5, 0.6) is 0 Å². The highest BCUT2D eigenvalue weighted by molar-refractivity contribution is 5.85. The van der Waals surface area contributed by atoms with Crippen molar-refractivity contribution >= 4 is 28.5 Å². The van der Waals surface area contributed by atoms with Crippen LogP contribution in [0.4, 0.5) is 17.5 Å². The van der Waals surface area contributed by atoms with Crippen LogP contribution >= 0.6 is 0 Å². The molecule has 2 heterocycles. The van der Waals surface area contributed by atoms with Crippen molar-refractivity contribution in [3.05, 3.63) is 35.5 Å². The van der Waals surface area contributed by atoms with Gasteiger partial charge in [0.05, 0.1) is 5.39 Å². The van der Waals surface area contributed by atoms with Crippen LogP contribution in [0.2, 0.25) is 0 Å². The van der Waals surface area contributed by atoms with Gasteiger partial charge < -0.3 is 11.1 Å². The van der Waals surface area contributed by atoms with Crippen molar-refractivity contribution in [3.63, 3.8) is 0 Å². The molecule has 0 bridgehead atoms. The van der Waals surface area contributed by atoms with Crippen molar-refractivity contribution in [1.29, 1.82) is 0 Å². The Labute approximate surface area is 115 Å². The van der Waals surface area contributed by atoms with Crippen molar-refractivity contribution < 1.29 is 0 Å². The van der Waals surface area contributed by atoms with Crippen molar-refractivity contribution in [1.82, 2.24) is 20.2 Å². The highest BCUT2D eigenvalue weighted by Gasteiger charge is 2.15. The van der Waals surface area contributed by atoms with E-state index in [1.807, 2.05) is 0 Å². The Hall–Kier alpha value is -2.63. The van der Waals surface area contributed by atoms with E-state index in [1.54, 1.807) is 6.20 Å². The van der Waals surface area contributed by atoms with E-state index in [4.69, 9.17) is 5.73 Å². The zero-order valence-corrected chi connectivity index (χ0v) is 10.8. The molecule has 0 amide bonds. The predicted molar refractivity (Wildman–Crippen MR) is 77.8 cm³/mol. The van der Waals surface area contributed by atoms with Crippen molar-refractivity contribution in [3.8, 4) is 0 Å². The summed E-state index contributed by atoms with van der Waals surface area (Å²) in [5.41, 5.74) is 10.2. The van der Waals surface area contributed by atoms with E-state index in [1.165, 1.54) is 17.5 Å². The van der Waals surface area contributed by atoms with Crippen molar-refractivity contribution in [2.75, 3.05) is 11.1 Å². The number of benzene rings is 1. The lowest BCUT2D eigenvalue weighted by Crippen LogP contribution is -2.00. The van der Waals surface area contributed by atoms with E-state index in [-0.39, 0.29) is 0 Å². The first-order chi connectivity index (χ1) is 9.81. The van der Waals surface area contributed by atoms with Gasteiger partial charge in [0.1, 0.15) is 0 Å². The van der Waals surface area contributed by atoms with Gasteiger partial charge in [-0.05, 0) is 36.5 Å². The van der Waals surface area contributed by atoms with E-state index in [0.29, 0.717) is 17.4 Å². The van der Waals surface area contributed by atoms with Crippen LogP contribution < -0.4 is 11.1 Å². The minimum atomic E-state index is 0.423. The van der Waals surface area contributed by atoms with E-state index < -0.39 is 0 Å². The highest BCUT2D eigenvalue weighted by atomic mass is 15.2. The molecule has 0 saturated carbocycles. The Balaban J connectivity index is 1.72. The summed E-state index contributed by atoms with van der Waals surface area (Å²) in [5.74, 6) is 0.980.